The maximum Gasteiger partial charge on any atom is 0.264 e. The molecule has 0 bridgehead atoms. The van der Waals surface area contributed by atoms with Crippen LogP contribution in [0.1, 0.15) is 65.1 Å². The Morgan fingerprint density at radius 1 is 1.20 bits per heavy atom. The van der Waals surface area contributed by atoms with Crippen molar-refractivity contribution in [1.82, 2.24) is 10.2 Å². The molecule has 138 valence electrons. The first-order valence-corrected chi connectivity index (χ1v) is 10.4. The van der Waals surface area contributed by atoms with E-state index in [2.05, 4.69) is 11.4 Å². The van der Waals surface area contributed by atoms with Crippen LogP contribution in [0.5, 0.6) is 0 Å². The zero-order valence-corrected chi connectivity index (χ0v) is 15.7. The zero-order chi connectivity index (χ0) is 17.6. The molecule has 2 heterocycles. The quantitative estimate of drug-likeness (QED) is 0.789. The number of amides is 2. The van der Waals surface area contributed by atoms with Crippen LogP contribution in [0.25, 0.3) is 0 Å². The van der Waals surface area contributed by atoms with Gasteiger partial charge in [-0.05, 0) is 56.6 Å². The molecule has 1 aromatic rings. The number of nitrogens with two attached hydrogens (primary N) is 1. The van der Waals surface area contributed by atoms with E-state index in [1.165, 1.54) is 29.7 Å². The molecule has 6 heteroatoms. The first-order chi connectivity index (χ1) is 12.2. The summed E-state index contributed by atoms with van der Waals surface area (Å²) in [6.45, 7) is 1.69. The number of nitrogens with one attached hydrogen (secondary N) is 1. The van der Waals surface area contributed by atoms with Gasteiger partial charge in [0.05, 0.1) is 4.88 Å². The first-order valence-electron chi connectivity index (χ1n) is 9.58. The Labute approximate surface area is 154 Å². The predicted molar refractivity (Wildman–Crippen MR) is 101 cm³/mol. The van der Waals surface area contributed by atoms with Crippen LogP contribution >= 0.6 is 11.3 Å². The normalized spacial score (nSPS) is 20.7. The molecule has 1 aliphatic heterocycles. The number of piperidine rings is 1. The molecule has 1 aliphatic carbocycles. The monoisotopic (exact) mass is 363 g/mol. The van der Waals surface area contributed by atoms with Crippen molar-refractivity contribution in [2.45, 2.75) is 63.8 Å². The summed E-state index contributed by atoms with van der Waals surface area (Å²) in [6.07, 6.45) is 9.45. The molecule has 0 aromatic carbocycles. The molecule has 0 spiro atoms. The van der Waals surface area contributed by atoms with Gasteiger partial charge in [0.15, 0.2) is 0 Å². The highest BCUT2D eigenvalue weighted by Crippen LogP contribution is 2.31. The minimum absolute atomic E-state index is 0.0247. The van der Waals surface area contributed by atoms with Gasteiger partial charge in [-0.15, -0.1) is 11.3 Å². The lowest BCUT2D eigenvalue weighted by Crippen LogP contribution is -2.49. The summed E-state index contributed by atoms with van der Waals surface area (Å²) in [7, 11) is 0. The summed E-state index contributed by atoms with van der Waals surface area (Å²) in [5.74, 6) is 0.124. The van der Waals surface area contributed by atoms with Crippen molar-refractivity contribution in [1.29, 1.82) is 0 Å². The van der Waals surface area contributed by atoms with Crippen molar-refractivity contribution in [3.05, 3.63) is 21.4 Å². The zero-order valence-electron chi connectivity index (χ0n) is 14.9. The Bertz CT molecular complexity index is 590. The number of carbonyl (C=O) groups excluding carboxylic acids is 2. The second kappa shape index (κ2) is 8.81. The number of thiophene rings is 1. The number of carbonyl (C=O) groups is 2. The van der Waals surface area contributed by atoms with Crippen molar-refractivity contribution in [3.63, 3.8) is 0 Å². The lowest BCUT2D eigenvalue weighted by atomic mass is 10.0. The van der Waals surface area contributed by atoms with Crippen LogP contribution in [-0.4, -0.2) is 42.4 Å². The van der Waals surface area contributed by atoms with Gasteiger partial charge in [0.2, 0.25) is 5.91 Å². The Morgan fingerprint density at radius 3 is 2.88 bits per heavy atom. The highest BCUT2D eigenvalue weighted by Gasteiger charge is 2.29. The maximum atomic E-state index is 13.1. The molecule has 1 unspecified atom stereocenters. The molecule has 1 saturated heterocycles. The molecule has 2 aliphatic rings. The van der Waals surface area contributed by atoms with E-state index < -0.39 is 0 Å². The van der Waals surface area contributed by atoms with Gasteiger partial charge in [0, 0.05) is 37.0 Å². The van der Waals surface area contributed by atoms with Crippen LogP contribution in [-0.2, 0) is 17.6 Å². The van der Waals surface area contributed by atoms with E-state index in [1.54, 1.807) is 11.3 Å². The van der Waals surface area contributed by atoms with E-state index in [0.717, 1.165) is 43.5 Å². The second-order valence-corrected chi connectivity index (χ2v) is 8.25. The molecular weight excluding hydrogens is 334 g/mol. The lowest BCUT2D eigenvalue weighted by Gasteiger charge is -2.35. The van der Waals surface area contributed by atoms with E-state index in [1.807, 2.05) is 4.90 Å². The van der Waals surface area contributed by atoms with Gasteiger partial charge in [-0.2, -0.15) is 0 Å². The highest BCUT2D eigenvalue weighted by atomic mass is 32.1. The Balaban J connectivity index is 1.67. The summed E-state index contributed by atoms with van der Waals surface area (Å²) in [5, 5.41) is 2.94. The molecule has 5 nitrogen and oxygen atoms in total. The summed E-state index contributed by atoms with van der Waals surface area (Å²) in [4.78, 5) is 29.1. The summed E-state index contributed by atoms with van der Waals surface area (Å²) in [5.41, 5.74) is 6.81. The number of aryl methyl sites for hydroxylation is 2. The molecule has 1 fully saturated rings. The van der Waals surface area contributed by atoms with Crippen molar-refractivity contribution >= 4 is 23.2 Å². The molecular formula is C19H29N3O2S. The number of hydrogen-bond donors (Lipinski definition) is 2. The van der Waals surface area contributed by atoms with E-state index in [9.17, 15) is 9.59 Å². The Hall–Kier alpha value is -1.40. The number of rotatable bonds is 5. The van der Waals surface area contributed by atoms with Crippen molar-refractivity contribution in [3.8, 4) is 0 Å². The van der Waals surface area contributed by atoms with Gasteiger partial charge >= 0.3 is 0 Å². The van der Waals surface area contributed by atoms with Crippen molar-refractivity contribution in [2.75, 3.05) is 19.6 Å². The SMILES string of the molecule is NCCC(=O)NCC1CCCCN1C(=O)c1cc2c(s1)CCCCC2. The van der Waals surface area contributed by atoms with Crippen LogP contribution < -0.4 is 11.1 Å². The number of likely N-dealkylation sites (tertiary alicyclic amines) is 1. The fourth-order valence-corrected chi connectivity index (χ4v) is 5.06. The largest absolute Gasteiger partial charge is 0.354 e. The summed E-state index contributed by atoms with van der Waals surface area (Å²) < 4.78 is 0. The van der Waals surface area contributed by atoms with Gasteiger partial charge in [-0.1, -0.05) is 6.42 Å². The van der Waals surface area contributed by atoms with Crippen LogP contribution in [0.15, 0.2) is 6.07 Å². The van der Waals surface area contributed by atoms with Gasteiger partial charge < -0.3 is 16.0 Å². The average molecular weight is 364 g/mol. The second-order valence-electron chi connectivity index (χ2n) is 7.11. The fraction of sp³-hybridized carbons (Fsp3) is 0.684. The van der Waals surface area contributed by atoms with Crippen LogP contribution in [0, 0.1) is 0 Å². The topological polar surface area (TPSA) is 75.4 Å². The predicted octanol–water partition coefficient (Wildman–Crippen LogP) is 2.48. The third-order valence-corrected chi connectivity index (χ3v) is 6.48. The molecule has 3 N–H and O–H groups in total. The minimum Gasteiger partial charge on any atom is -0.354 e. The number of fused-ring (bicyclic) bond motifs is 1. The molecule has 0 saturated carbocycles. The maximum absolute atomic E-state index is 13.1. The van der Waals surface area contributed by atoms with Gasteiger partial charge in [-0.3, -0.25) is 9.59 Å². The van der Waals surface area contributed by atoms with E-state index in [0.29, 0.717) is 19.5 Å². The average Bonchev–Trinajstić information content (AvgIpc) is 2.90. The smallest absolute Gasteiger partial charge is 0.264 e. The fourth-order valence-electron chi connectivity index (χ4n) is 3.85. The first kappa shape index (κ1) is 18.4. The standard InChI is InChI=1S/C19H29N3O2S/c20-10-9-18(23)21-13-15-7-4-5-11-22(15)19(24)17-12-14-6-2-1-3-8-16(14)25-17/h12,15H,1-11,13,20H2,(H,21,23). The lowest BCUT2D eigenvalue weighted by molar-refractivity contribution is -0.121. The van der Waals surface area contributed by atoms with Crippen LogP contribution in [0.4, 0.5) is 0 Å². The molecule has 3 rings (SSSR count). The molecule has 2 amide bonds. The molecule has 1 aromatic heterocycles. The van der Waals surface area contributed by atoms with E-state index in [-0.39, 0.29) is 17.9 Å². The van der Waals surface area contributed by atoms with E-state index in [4.69, 9.17) is 5.73 Å². The highest BCUT2D eigenvalue weighted by molar-refractivity contribution is 7.14. The van der Waals surface area contributed by atoms with E-state index >= 15 is 0 Å². The molecule has 1 atom stereocenters. The molecule has 25 heavy (non-hydrogen) atoms. The van der Waals surface area contributed by atoms with Gasteiger partial charge in [-0.25, -0.2) is 0 Å². The van der Waals surface area contributed by atoms with Crippen molar-refractivity contribution in [2.24, 2.45) is 5.73 Å². The summed E-state index contributed by atoms with van der Waals surface area (Å²) in [6, 6.07) is 2.23. The van der Waals surface area contributed by atoms with Crippen LogP contribution in [0.2, 0.25) is 0 Å². The third kappa shape index (κ3) is 4.61. The summed E-state index contributed by atoms with van der Waals surface area (Å²) >= 11 is 1.69. The minimum atomic E-state index is -0.0247. The third-order valence-electron chi connectivity index (χ3n) is 5.25. The van der Waals surface area contributed by atoms with Gasteiger partial charge in [0.1, 0.15) is 0 Å². The van der Waals surface area contributed by atoms with Gasteiger partial charge in [0.25, 0.3) is 5.91 Å². The van der Waals surface area contributed by atoms with Crippen molar-refractivity contribution < 1.29 is 9.59 Å². The molecule has 0 radical (unpaired) electrons. The Kier molecular flexibility index (Phi) is 6.48. The Morgan fingerprint density at radius 2 is 2.04 bits per heavy atom. The number of hydrogen-bond acceptors (Lipinski definition) is 4. The van der Waals surface area contributed by atoms with Crippen LogP contribution in [0.3, 0.4) is 0 Å². The number of nitrogens with zero attached hydrogens (tertiary/aromatic N) is 1.